The van der Waals surface area contributed by atoms with Crippen molar-refractivity contribution in [2.24, 2.45) is 5.41 Å². The molecule has 0 spiro atoms. The summed E-state index contributed by atoms with van der Waals surface area (Å²) in [6.07, 6.45) is 4.31. The standard InChI is InChI=1S/C37H42N2O4/c1-3-19-35(20-4-2,33(40)38-31(36(42)21-22-36)29-17-9-13-25-11-5-7-15-27(25)29)34(41)39-32(37(43)23-24-37)30-18-10-14-26-12-6-8-16-28(26)30/h5-18,31-32,42-43H,3-4,19-24H2,1-2H3,(H,38,40)(H,39,41)/t31-,32-/m0/s1. The van der Waals surface area contributed by atoms with Gasteiger partial charge in [0.1, 0.15) is 5.41 Å². The van der Waals surface area contributed by atoms with Crippen LogP contribution in [0.5, 0.6) is 0 Å². The molecule has 4 aromatic rings. The predicted octanol–water partition coefficient (Wildman–Crippen LogP) is 6.64. The summed E-state index contributed by atoms with van der Waals surface area (Å²) in [6.45, 7) is 3.97. The smallest absolute Gasteiger partial charge is 0.236 e. The highest BCUT2D eigenvalue weighted by Crippen LogP contribution is 2.49. The van der Waals surface area contributed by atoms with Crippen molar-refractivity contribution in [2.75, 3.05) is 0 Å². The van der Waals surface area contributed by atoms with E-state index in [2.05, 4.69) is 10.6 Å². The molecule has 224 valence electrons. The molecule has 4 aromatic carbocycles. The zero-order valence-electron chi connectivity index (χ0n) is 25.1. The van der Waals surface area contributed by atoms with Gasteiger partial charge in [-0.05, 0) is 71.2 Å². The van der Waals surface area contributed by atoms with Crippen molar-refractivity contribution in [3.05, 3.63) is 96.1 Å². The lowest BCUT2D eigenvalue weighted by Gasteiger charge is -2.36. The molecule has 2 amide bonds. The lowest BCUT2D eigenvalue weighted by molar-refractivity contribution is -0.147. The third-order valence-electron chi connectivity index (χ3n) is 9.64. The molecule has 2 aliphatic carbocycles. The number of benzene rings is 4. The third-order valence-corrected chi connectivity index (χ3v) is 9.64. The molecule has 43 heavy (non-hydrogen) atoms. The second kappa shape index (κ2) is 11.4. The van der Waals surface area contributed by atoms with E-state index in [0.717, 1.165) is 32.7 Å². The van der Waals surface area contributed by atoms with E-state index >= 15 is 0 Å². The molecule has 4 N–H and O–H groups in total. The Morgan fingerprint density at radius 2 is 1.02 bits per heavy atom. The Kier molecular flexibility index (Phi) is 7.78. The van der Waals surface area contributed by atoms with Crippen LogP contribution in [-0.4, -0.2) is 33.2 Å². The summed E-state index contributed by atoms with van der Waals surface area (Å²) in [5, 5.41) is 33.4. The van der Waals surface area contributed by atoms with Crippen molar-refractivity contribution < 1.29 is 19.8 Å². The number of rotatable bonds is 12. The highest BCUT2D eigenvalue weighted by molar-refractivity contribution is 6.06. The molecule has 2 aliphatic rings. The Hall–Kier alpha value is -3.74. The second-order valence-corrected chi connectivity index (χ2v) is 12.7. The summed E-state index contributed by atoms with van der Waals surface area (Å²) in [4.78, 5) is 29.1. The van der Waals surface area contributed by atoms with Gasteiger partial charge in [-0.2, -0.15) is 0 Å². The molecule has 0 unspecified atom stereocenters. The van der Waals surface area contributed by atoms with Crippen molar-refractivity contribution in [3.8, 4) is 0 Å². The van der Waals surface area contributed by atoms with E-state index in [1.807, 2.05) is 98.8 Å². The van der Waals surface area contributed by atoms with Gasteiger partial charge in [-0.15, -0.1) is 0 Å². The van der Waals surface area contributed by atoms with Crippen molar-refractivity contribution in [1.29, 1.82) is 0 Å². The maximum absolute atomic E-state index is 14.5. The predicted molar refractivity (Wildman–Crippen MR) is 170 cm³/mol. The molecule has 0 bridgehead atoms. The lowest BCUT2D eigenvalue weighted by Crippen LogP contribution is -2.55. The molecule has 6 nitrogen and oxygen atoms in total. The first kappa shape index (κ1) is 29.3. The van der Waals surface area contributed by atoms with Crippen LogP contribution in [0.3, 0.4) is 0 Å². The maximum atomic E-state index is 14.5. The number of carbonyl (C=O) groups excluding carboxylic acids is 2. The van der Waals surface area contributed by atoms with Crippen LogP contribution >= 0.6 is 0 Å². The van der Waals surface area contributed by atoms with Gasteiger partial charge in [-0.25, -0.2) is 0 Å². The molecule has 2 atom stereocenters. The van der Waals surface area contributed by atoms with Crippen molar-refractivity contribution in [3.63, 3.8) is 0 Å². The minimum Gasteiger partial charge on any atom is -0.387 e. The Morgan fingerprint density at radius 1 is 0.651 bits per heavy atom. The molecular weight excluding hydrogens is 536 g/mol. The van der Waals surface area contributed by atoms with Crippen LogP contribution in [0.4, 0.5) is 0 Å². The van der Waals surface area contributed by atoms with Gasteiger partial charge in [-0.1, -0.05) is 112 Å². The Morgan fingerprint density at radius 3 is 1.40 bits per heavy atom. The minimum absolute atomic E-state index is 0.361. The topological polar surface area (TPSA) is 98.7 Å². The van der Waals surface area contributed by atoms with Crippen LogP contribution in [0.25, 0.3) is 21.5 Å². The number of hydrogen-bond donors (Lipinski definition) is 4. The van der Waals surface area contributed by atoms with Crippen LogP contribution in [-0.2, 0) is 9.59 Å². The molecule has 2 saturated carbocycles. The summed E-state index contributed by atoms with van der Waals surface area (Å²) in [5.41, 5.74) is -1.76. The Labute approximate surface area is 253 Å². The zero-order chi connectivity index (χ0) is 30.2. The minimum atomic E-state index is -1.36. The molecule has 6 rings (SSSR count). The lowest BCUT2D eigenvalue weighted by atomic mass is 9.76. The molecule has 6 heteroatoms. The van der Waals surface area contributed by atoms with Gasteiger partial charge in [0.15, 0.2) is 0 Å². The summed E-state index contributed by atoms with van der Waals surface area (Å²) in [5.74, 6) is -0.738. The first-order valence-corrected chi connectivity index (χ1v) is 15.8. The molecule has 0 aliphatic heterocycles. The first-order valence-electron chi connectivity index (χ1n) is 15.8. The van der Waals surface area contributed by atoms with Crippen molar-refractivity contribution in [2.45, 2.75) is 88.5 Å². The fourth-order valence-electron chi connectivity index (χ4n) is 6.92. The largest absolute Gasteiger partial charge is 0.387 e. The number of nitrogens with one attached hydrogen (secondary N) is 2. The van der Waals surface area contributed by atoms with E-state index < -0.39 is 28.7 Å². The van der Waals surface area contributed by atoms with Gasteiger partial charge in [0.25, 0.3) is 0 Å². The van der Waals surface area contributed by atoms with E-state index in [1.54, 1.807) is 0 Å². The molecule has 0 radical (unpaired) electrons. The maximum Gasteiger partial charge on any atom is 0.236 e. The number of hydrogen-bond acceptors (Lipinski definition) is 4. The van der Waals surface area contributed by atoms with Crippen LogP contribution in [0.15, 0.2) is 84.9 Å². The first-order chi connectivity index (χ1) is 20.7. The third kappa shape index (κ3) is 5.43. The normalized spacial score (nSPS) is 18.1. The number of aliphatic hydroxyl groups is 2. The van der Waals surface area contributed by atoms with Crippen LogP contribution in [0.1, 0.15) is 88.4 Å². The van der Waals surface area contributed by atoms with E-state index in [1.165, 1.54) is 0 Å². The quantitative estimate of drug-likeness (QED) is 0.142. The highest BCUT2D eigenvalue weighted by Gasteiger charge is 2.55. The van der Waals surface area contributed by atoms with Gasteiger partial charge in [0, 0.05) is 0 Å². The fraction of sp³-hybridized carbons (Fsp3) is 0.405. The SMILES string of the molecule is CCCC(CCC)(C(=O)N[C@@H](c1cccc2ccccc12)C1(O)CC1)C(=O)N[C@@H](c1cccc2ccccc12)C1(O)CC1. The summed E-state index contributed by atoms with van der Waals surface area (Å²) < 4.78 is 0. The van der Waals surface area contributed by atoms with E-state index in [9.17, 15) is 19.8 Å². The number of fused-ring (bicyclic) bond motifs is 2. The van der Waals surface area contributed by atoms with Gasteiger partial charge in [0.05, 0.1) is 23.3 Å². The monoisotopic (exact) mass is 578 g/mol. The Balaban J connectivity index is 1.37. The van der Waals surface area contributed by atoms with Gasteiger partial charge < -0.3 is 20.8 Å². The van der Waals surface area contributed by atoms with E-state index in [-0.39, 0.29) is 11.8 Å². The zero-order valence-corrected chi connectivity index (χ0v) is 25.1. The van der Waals surface area contributed by atoms with Crippen LogP contribution in [0.2, 0.25) is 0 Å². The molecule has 0 heterocycles. The van der Waals surface area contributed by atoms with Crippen LogP contribution < -0.4 is 10.6 Å². The molecule has 0 saturated heterocycles. The van der Waals surface area contributed by atoms with Gasteiger partial charge in [-0.3, -0.25) is 9.59 Å². The van der Waals surface area contributed by atoms with Gasteiger partial charge in [0.2, 0.25) is 11.8 Å². The highest BCUT2D eigenvalue weighted by atomic mass is 16.3. The summed E-state index contributed by atoms with van der Waals surface area (Å²) in [7, 11) is 0. The summed E-state index contributed by atoms with van der Waals surface area (Å²) in [6, 6.07) is 26.5. The average Bonchev–Trinajstić information content (AvgIpc) is 3.96. The van der Waals surface area contributed by atoms with Crippen LogP contribution in [0, 0.1) is 5.41 Å². The molecule has 2 fully saturated rings. The fourth-order valence-corrected chi connectivity index (χ4v) is 6.92. The average molecular weight is 579 g/mol. The number of amides is 2. The van der Waals surface area contributed by atoms with E-state index in [0.29, 0.717) is 51.4 Å². The molecular formula is C37H42N2O4. The van der Waals surface area contributed by atoms with Crippen molar-refractivity contribution in [1.82, 2.24) is 10.6 Å². The van der Waals surface area contributed by atoms with E-state index in [4.69, 9.17) is 0 Å². The number of carbonyl (C=O) groups is 2. The Bertz CT molecular complexity index is 1520. The summed E-state index contributed by atoms with van der Waals surface area (Å²) >= 11 is 0. The van der Waals surface area contributed by atoms with Crippen molar-refractivity contribution >= 4 is 33.4 Å². The van der Waals surface area contributed by atoms with Gasteiger partial charge >= 0.3 is 0 Å². The molecule has 0 aromatic heterocycles. The second-order valence-electron chi connectivity index (χ2n) is 12.7.